The zero-order valence-electron chi connectivity index (χ0n) is 10.6. The van der Waals surface area contributed by atoms with Crippen molar-refractivity contribution in [3.05, 3.63) is 17.7 Å². The van der Waals surface area contributed by atoms with Gasteiger partial charge in [-0.05, 0) is 13.3 Å². The van der Waals surface area contributed by atoms with Crippen LogP contribution in [0.3, 0.4) is 0 Å². The van der Waals surface area contributed by atoms with E-state index in [1.165, 1.54) is 12.8 Å². The third-order valence-electron chi connectivity index (χ3n) is 2.73. The lowest BCUT2D eigenvalue weighted by Gasteiger charge is -2.04. The van der Waals surface area contributed by atoms with E-state index in [1.54, 1.807) is 4.57 Å². The van der Waals surface area contributed by atoms with Gasteiger partial charge in [0.15, 0.2) is 0 Å². The molecule has 0 aliphatic heterocycles. The van der Waals surface area contributed by atoms with E-state index < -0.39 is 0 Å². The molecule has 1 aromatic heterocycles. The third-order valence-corrected chi connectivity index (χ3v) is 2.73. The summed E-state index contributed by atoms with van der Waals surface area (Å²) in [6, 6.07) is 0. The second-order valence-electron chi connectivity index (χ2n) is 4.23. The van der Waals surface area contributed by atoms with E-state index in [9.17, 15) is 4.79 Å². The van der Waals surface area contributed by atoms with Gasteiger partial charge in [0.05, 0.1) is 5.69 Å². The molecule has 0 radical (unpaired) electrons. The third kappa shape index (κ3) is 3.47. The predicted octanol–water partition coefficient (Wildman–Crippen LogP) is 3.36. The summed E-state index contributed by atoms with van der Waals surface area (Å²) in [6.45, 7) is 6.14. The first-order valence-electron chi connectivity index (χ1n) is 6.27. The fourth-order valence-corrected chi connectivity index (χ4v) is 1.84. The van der Waals surface area contributed by atoms with Crippen LogP contribution < -0.4 is 0 Å². The van der Waals surface area contributed by atoms with Crippen molar-refractivity contribution in [3.63, 3.8) is 0 Å². The highest BCUT2D eigenvalue weighted by atomic mass is 16.2. The minimum absolute atomic E-state index is 0.188. The molecule has 0 aliphatic carbocycles. The molecular formula is C13H22N2O. The molecule has 0 amide bonds. The maximum atomic E-state index is 11.9. The van der Waals surface area contributed by atoms with Gasteiger partial charge in [-0.15, -0.1) is 0 Å². The van der Waals surface area contributed by atoms with Crippen LogP contribution in [-0.4, -0.2) is 15.5 Å². The highest BCUT2D eigenvalue weighted by molar-refractivity contribution is 5.79. The van der Waals surface area contributed by atoms with E-state index in [2.05, 4.69) is 11.9 Å². The summed E-state index contributed by atoms with van der Waals surface area (Å²) in [5, 5.41) is 0. The SMILES string of the molecule is CCCCCCC(=O)n1cc(C)nc1CC. The Balaban J connectivity index is 2.51. The zero-order valence-corrected chi connectivity index (χ0v) is 10.6. The first-order chi connectivity index (χ1) is 7.69. The maximum absolute atomic E-state index is 11.9. The fourth-order valence-electron chi connectivity index (χ4n) is 1.84. The molecule has 0 aromatic carbocycles. The topological polar surface area (TPSA) is 34.9 Å². The number of carbonyl (C=O) groups is 1. The van der Waals surface area contributed by atoms with Crippen molar-refractivity contribution in [2.45, 2.75) is 59.3 Å². The van der Waals surface area contributed by atoms with Gasteiger partial charge in [0.25, 0.3) is 0 Å². The number of hydrogen-bond donors (Lipinski definition) is 0. The van der Waals surface area contributed by atoms with Crippen molar-refractivity contribution in [3.8, 4) is 0 Å². The largest absolute Gasteiger partial charge is 0.274 e. The Bertz CT molecular complexity index is 342. The van der Waals surface area contributed by atoms with Gasteiger partial charge in [0.2, 0.25) is 5.91 Å². The number of rotatable bonds is 6. The van der Waals surface area contributed by atoms with Gasteiger partial charge in [-0.2, -0.15) is 0 Å². The van der Waals surface area contributed by atoms with Gasteiger partial charge in [-0.1, -0.05) is 33.1 Å². The average Bonchev–Trinajstić information content (AvgIpc) is 2.65. The molecule has 0 fully saturated rings. The molecule has 0 aliphatic rings. The summed E-state index contributed by atoms with van der Waals surface area (Å²) in [6.07, 6.45) is 7.87. The van der Waals surface area contributed by atoms with E-state index in [1.807, 2.05) is 20.0 Å². The van der Waals surface area contributed by atoms with Gasteiger partial charge < -0.3 is 0 Å². The maximum Gasteiger partial charge on any atom is 0.232 e. The van der Waals surface area contributed by atoms with E-state index in [0.29, 0.717) is 6.42 Å². The van der Waals surface area contributed by atoms with Crippen LogP contribution in [0.2, 0.25) is 0 Å². The molecule has 1 aromatic rings. The Morgan fingerprint density at radius 3 is 2.69 bits per heavy atom. The Morgan fingerprint density at radius 1 is 1.31 bits per heavy atom. The number of hydrogen-bond acceptors (Lipinski definition) is 2. The number of carbonyl (C=O) groups excluding carboxylic acids is 1. The lowest BCUT2D eigenvalue weighted by Crippen LogP contribution is -2.12. The van der Waals surface area contributed by atoms with E-state index in [4.69, 9.17) is 0 Å². The number of imidazole rings is 1. The van der Waals surface area contributed by atoms with Gasteiger partial charge >= 0.3 is 0 Å². The van der Waals surface area contributed by atoms with Crippen LogP contribution in [0.25, 0.3) is 0 Å². The van der Waals surface area contributed by atoms with Crippen LogP contribution in [-0.2, 0) is 6.42 Å². The summed E-state index contributed by atoms with van der Waals surface area (Å²) in [7, 11) is 0. The molecule has 1 heterocycles. The molecule has 0 saturated carbocycles. The molecule has 0 spiro atoms. The van der Waals surface area contributed by atoms with E-state index >= 15 is 0 Å². The molecule has 90 valence electrons. The average molecular weight is 222 g/mol. The number of unbranched alkanes of at least 4 members (excludes halogenated alkanes) is 3. The van der Waals surface area contributed by atoms with Gasteiger partial charge in [0, 0.05) is 19.0 Å². The lowest BCUT2D eigenvalue weighted by atomic mass is 10.1. The van der Waals surface area contributed by atoms with E-state index in [-0.39, 0.29) is 5.91 Å². The standard InChI is InChI=1S/C13H22N2O/c1-4-6-7-8-9-13(16)15-10-11(3)14-12(15)5-2/h10H,4-9H2,1-3H3. The van der Waals surface area contributed by atoms with Gasteiger partial charge in [0.1, 0.15) is 5.82 Å². The van der Waals surface area contributed by atoms with Crippen molar-refractivity contribution < 1.29 is 4.79 Å². The number of aryl methyl sites for hydroxylation is 2. The van der Waals surface area contributed by atoms with Crippen LogP contribution in [0.1, 0.15) is 62.3 Å². The molecule has 0 atom stereocenters. The van der Waals surface area contributed by atoms with Crippen molar-refractivity contribution in [1.29, 1.82) is 0 Å². The molecular weight excluding hydrogens is 200 g/mol. The zero-order chi connectivity index (χ0) is 12.0. The van der Waals surface area contributed by atoms with Crippen LogP contribution in [0.5, 0.6) is 0 Å². The van der Waals surface area contributed by atoms with Crippen LogP contribution >= 0.6 is 0 Å². The summed E-state index contributed by atoms with van der Waals surface area (Å²) in [5.74, 6) is 1.08. The quantitative estimate of drug-likeness (QED) is 0.692. The van der Waals surface area contributed by atoms with Gasteiger partial charge in [-0.3, -0.25) is 9.36 Å². The minimum atomic E-state index is 0.188. The Morgan fingerprint density at radius 2 is 2.06 bits per heavy atom. The number of nitrogens with zero attached hydrogens (tertiary/aromatic N) is 2. The summed E-state index contributed by atoms with van der Waals surface area (Å²) < 4.78 is 1.72. The Labute approximate surface area is 97.9 Å². The highest BCUT2D eigenvalue weighted by Crippen LogP contribution is 2.08. The molecule has 3 heteroatoms. The molecule has 0 N–H and O–H groups in total. The minimum Gasteiger partial charge on any atom is -0.274 e. The molecule has 3 nitrogen and oxygen atoms in total. The molecule has 0 saturated heterocycles. The first kappa shape index (κ1) is 12.9. The summed E-state index contributed by atoms with van der Waals surface area (Å²) in [4.78, 5) is 16.3. The lowest BCUT2D eigenvalue weighted by molar-refractivity contribution is 0.0895. The summed E-state index contributed by atoms with van der Waals surface area (Å²) >= 11 is 0. The predicted molar refractivity (Wildman–Crippen MR) is 65.7 cm³/mol. The molecule has 0 bridgehead atoms. The first-order valence-corrected chi connectivity index (χ1v) is 6.27. The van der Waals surface area contributed by atoms with Crippen LogP contribution in [0, 0.1) is 6.92 Å². The second-order valence-corrected chi connectivity index (χ2v) is 4.23. The summed E-state index contributed by atoms with van der Waals surface area (Å²) in [5.41, 5.74) is 0.929. The van der Waals surface area contributed by atoms with Gasteiger partial charge in [-0.25, -0.2) is 4.98 Å². The highest BCUT2D eigenvalue weighted by Gasteiger charge is 2.10. The smallest absolute Gasteiger partial charge is 0.232 e. The molecule has 0 unspecified atom stereocenters. The normalized spacial score (nSPS) is 10.7. The van der Waals surface area contributed by atoms with E-state index in [0.717, 1.165) is 30.8 Å². The fraction of sp³-hybridized carbons (Fsp3) is 0.692. The Hall–Kier alpha value is -1.12. The van der Waals surface area contributed by atoms with Crippen molar-refractivity contribution in [2.24, 2.45) is 0 Å². The monoisotopic (exact) mass is 222 g/mol. The van der Waals surface area contributed by atoms with Crippen molar-refractivity contribution >= 4 is 5.91 Å². The van der Waals surface area contributed by atoms with Crippen LogP contribution in [0.15, 0.2) is 6.20 Å². The molecule has 1 rings (SSSR count). The van der Waals surface area contributed by atoms with Crippen LogP contribution in [0.4, 0.5) is 0 Å². The Kier molecular flexibility index (Phi) is 5.23. The van der Waals surface area contributed by atoms with Crippen molar-refractivity contribution in [2.75, 3.05) is 0 Å². The van der Waals surface area contributed by atoms with Crippen molar-refractivity contribution in [1.82, 2.24) is 9.55 Å². The second kappa shape index (κ2) is 6.46. The molecule has 16 heavy (non-hydrogen) atoms. The number of aromatic nitrogens is 2.